The van der Waals surface area contributed by atoms with Crippen LogP contribution in [-0.4, -0.2) is 194 Å². The third-order valence-electron chi connectivity index (χ3n) is 14.4. The van der Waals surface area contributed by atoms with Gasteiger partial charge in [0.15, 0.2) is 30.4 Å². The number of carbonyl (C=O) groups excluding carboxylic acids is 5. The number of phenolic OH excluding ortho intramolecular Hbond substituents is 2. The van der Waals surface area contributed by atoms with Crippen molar-refractivity contribution in [3.63, 3.8) is 0 Å². The lowest BCUT2D eigenvalue weighted by molar-refractivity contribution is -0.256. The molecule has 1 aromatic heterocycles. The number of Topliss-reactive ketones (excluding diaryl/α,β-unsaturated/α-hetero) is 2. The number of aromatic nitrogens is 3. The molecule has 1 amide bonds. The Balaban J connectivity index is 0.778. The zero-order valence-electron chi connectivity index (χ0n) is 43.3. The van der Waals surface area contributed by atoms with Crippen LogP contribution in [0.4, 0.5) is 0 Å². The van der Waals surface area contributed by atoms with Gasteiger partial charge in [0.2, 0.25) is 5.78 Å². The van der Waals surface area contributed by atoms with E-state index in [0.29, 0.717) is 89.1 Å². The van der Waals surface area contributed by atoms with Crippen molar-refractivity contribution in [3.05, 3.63) is 63.0 Å². The van der Waals surface area contributed by atoms with E-state index in [1.165, 1.54) is 32.4 Å². The lowest BCUT2D eigenvalue weighted by atomic mass is 9.72. The summed E-state index contributed by atoms with van der Waals surface area (Å²) < 4.78 is 60.0. The number of aryl methyl sites for hydroxylation is 1. The van der Waals surface area contributed by atoms with E-state index in [1.807, 2.05) is 11.6 Å². The summed E-state index contributed by atoms with van der Waals surface area (Å²) in [7, 11) is 2.87. The first-order chi connectivity index (χ1) is 37.2. The number of ether oxygens (including phenoxy) is 10. The first-order valence-electron chi connectivity index (χ1n) is 25.8. The Hall–Kier alpha value is -4.35. The number of hydrogen-bond donors (Lipinski definition) is 4. The highest BCUT2D eigenvalue weighted by atomic mass is 79.9. The van der Waals surface area contributed by atoms with Crippen molar-refractivity contribution in [1.82, 2.24) is 25.2 Å². The maximum atomic E-state index is 14.2. The van der Waals surface area contributed by atoms with E-state index < -0.39 is 102 Å². The van der Waals surface area contributed by atoms with E-state index in [4.69, 9.17) is 47.4 Å². The van der Waals surface area contributed by atoms with Crippen molar-refractivity contribution in [1.29, 1.82) is 0 Å². The fourth-order valence-electron chi connectivity index (χ4n) is 10.6. The third kappa shape index (κ3) is 13.3. The molecule has 25 heteroatoms. The van der Waals surface area contributed by atoms with Crippen LogP contribution in [0.3, 0.4) is 0 Å². The topological polar surface area (TPSA) is 284 Å². The van der Waals surface area contributed by atoms with Gasteiger partial charge in [-0.3, -0.25) is 28.9 Å². The van der Waals surface area contributed by atoms with Crippen LogP contribution in [0.15, 0.2) is 18.2 Å². The Morgan fingerprint density at radius 2 is 1.56 bits per heavy atom. The van der Waals surface area contributed by atoms with Crippen LogP contribution in [-0.2, 0) is 80.6 Å². The highest BCUT2D eigenvalue weighted by Gasteiger charge is 2.55. The van der Waals surface area contributed by atoms with Crippen LogP contribution in [0.5, 0.6) is 17.2 Å². The number of nitrogens with zero attached hydrogens (tertiary/aromatic N) is 4. The second kappa shape index (κ2) is 27.2. The average molecular weight is 1210 g/mol. The fraction of sp³-hybridized carbons (Fsp3) is 0.635. The molecule has 0 saturated carbocycles. The van der Waals surface area contributed by atoms with Gasteiger partial charge in [-0.15, -0.1) is 5.10 Å². The molecule has 77 heavy (non-hydrogen) atoms. The number of alkyl halides is 2. The maximum Gasteiger partial charge on any atom is 0.252 e. The van der Waals surface area contributed by atoms with Gasteiger partial charge in [-0.25, -0.2) is 4.68 Å². The Morgan fingerprint density at radius 1 is 0.857 bits per heavy atom. The predicted octanol–water partition coefficient (Wildman–Crippen LogP) is 3.50. The number of hydrogen-bond acceptors (Lipinski definition) is 21. The number of benzene rings is 2. The quantitative estimate of drug-likeness (QED) is 0.0344. The summed E-state index contributed by atoms with van der Waals surface area (Å²) in [5.74, 6) is -4.03. The van der Waals surface area contributed by atoms with Gasteiger partial charge in [-0.2, -0.15) is 0 Å². The molecule has 3 aliphatic heterocycles. The number of methoxy groups -OCH3 is 2. The first-order valence-corrected chi connectivity index (χ1v) is 28.1. The molecule has 8 rings (SSSR count). The number of morpholine rings is 1. The van der Waals surface area contributed by atoms with Crippen LogP contribution in [0.25, 0.3) is 0 Å². The molecule has 23 nitrogen and oxygen atoms in total. The Morgan fingerprint density at radius 3 is 2.26 bits per heavy atom. The number of aliphatic hydroxyl groups is 1. The molecule has 3 aromatic rings. The van der Waals surface area contributed by atoms with E-state index >= 15 is 0 Å². The zero-order chi connectivity index (χ0) is 54.8. The molecule has 0 unspecified atom stereocenters. The smallest absolute Gasteiger partial charge is 0.252 e. The number of phenols is 2. The first kappa shape index (κ1) is 58.8. The minimum atomic E-state index is -2.36. The van der Waals surface area contributed by atoms with Gasteiger partial charge in [0.25, 0.3) is 5.91 Å². The Kier molecular flexibility index (Phi) is 20.8. The highest BCUT2D eigenvalue weighted by molar-refractivity contribution is 9.09. The van der Waals surface area contributed by atoms with Gasteiger partial charge in [-0.1, -0.05) is 49.2 Å². The molecule has 4 N–H and O–H groups in total. The van der Waals surface area contributed by atoms with Crippen molar-refractivity contribution in [3.8, 4) is 17.2 Å². The molecule has 0 bridgehead atoms. The molecule has 4 heterocycles. The van der Waals surface area contributed by atoms with Crippen LogP contribution in [0.2, 0.25) is 0 Å². The van der Waals surface area contributed by atoms with Crippen LogP contribution >= 0.6 is 31.9 Å². The van der Waals surface area contributed by atoms with Gasteiger partial charge >= 0.3 is 0 Å². The van der Waals surface area contributed by atoms with Crippen molar-refractivity contribution in [2.75, 3.05) is 86.8 Å². The van der Waals surface area contributed by atoms with Crippen LogP contribution in [0.1, 0.15) is 112 Å². The van der Waals surface area contributed by atoms with Gasteiger partial charge < -0.3 is 68.0 Å². The second-order valence-electron chi connectivity index (χ2n) is 19.3. The van der Waals surface area contributed by atoms with E-state index in [9.17, 15) is 39.3 Å². The molecule has 0 spiro atoms. The molecule has 8 atom stereocenters. The van der Waals surface area contributed by atoms with Gasteiger partial charge in [0, 0.05) is 98.7 Å². The number of rotatable bonds is 29. The molecule has 3 fully saturated rings. The Labute approximate surface area is 462 Å². The summed E-state index contributed by atoms with van der Waals surface area (Å²) in [5.41, 5.74) is -1.89. The second-order valence-corrected chi connectivity index (χ2v) is 20.5. The van der Waals surface area contributed by atoms with Crippen molar-refractivity contribution >= 4 is 60.9 Å². The fourth-order valence-corrected chi connectivity index (χ4v) is 11.7. The number of ketones is 4. The van der Waals surface area contributed by atoms with Crippen LogP contribution < -0.4 is 10.1 Å². The normalized spacial score (nSPS) is 24.7. The maximum absolute atomic E-state index is 14.2. The molecule has 0 radical (unpaired) electrons. The number of aromatic hydroxyl groups is 2. The largest absolute Gasteiger partial charge is 0.507 e. The average Bonchev–Trinajstić information content (AvgIpc) is 4.17. The molecule has 2 aliphatic carbocycles. The summed E-state index contributed by atoms with van der Waals surface area (Å²) in [5, 5.41) is 48.4. The third-order valence-corrected chi connectivity index (χ3v) is 15.5. The van der Waals surface area contributed by atoms with E-state index in [-0.39, 0.29) is 78.6 Å². The molecular weight excluding hydrogens is 1140 g/mol. The highest BCUT2D eigenvalue weighted by Crippen LogP contribution is 2.53. The lowest BCUT2D eigenvalue weighted by Gasteiger charge is -2.43. The SMILES string of the molecule is COc1cccc2c1C(=O)c1c(O)c3c(c(O)c1C2=O)C[C@@](O)(C(=O)NCC(=O)CCOCCOCCOCCOCCCC(=O)CCCn1nnc(CBr)c1CBr)C[C@@H]3O[C@H]1C[C@H]2[C@H](O[C@@H]3[C@@H](OC)OCCN32)[C@H](C)O1. The summed E-state index contributed by atoms with van der Waals surface area (Å²) in [6, 6.07) is 4.18. The minimum absolute atomic E-state index is 0.0364. The Bertz CT molecular complexity index is 2600. The van der Waals surface area contributed by atoms with Crippen molar-refractivity contribution < 1.29 is 86.7 Å². The summed E-state index contributed by atoms with van der Waals surface area (Å²) in [6.07, 6.45) is -3.17. The van der Waals surface area contributed by atoms with Gasteiger partial charge in [0.1, 0.15) is 34.7 Å². The summed E-state index contributed by atoms with van der Waals surface area (Å²) in [4.78, 5) is 69.7. The molecular formula is C52H67Br2N5O18. The van der Waals surface area contributed by atoms with E-state index in [0.717, 1.165) is 11.4 Å². The summed E-state index contributed by atoms with van der Waals surface area (Å²) in [6.45, 7) is 5.26. The standard InChI is InChI=1S/C52H67Br2N5O18/c1-29-48-35(58-13-16-74-50(69-3)49(58)77-48)23-39(75-29)76-38-25-52(67,24-33-41(38)47(65)43-42(45(33)63)44(62)32-9-4-10-37(68-2)40(32)46(43)64)51(66)55-28-31(61)11-15-71-18-20-73-22-21-72-19-17-70-14-6-8-30(60)7-5-12-59-36(27-54)34(26-53)56-57-59/h4,9-10,29,35,38-39,48-50,63,65,67H,5-8,11-28H2,1-3H3,(H,55,66)/t29-,35-,38-,39-,48+,49+,50-,52-/m0/s1. The number of amides is 1. The van der Waals surface area contributed by atoms with E-state index in [2.05, 4.69) is 52.4 Å². The minimum Gasteiger partial charge on any atom is -0.507 e. The van der Waals surface area contributed by atoms with Gasteiger partial charge in [0.05, 0.1) is 107 Å². The zero-order valence-corrected chi connectivity index (χ0v) is 46.5. The molecule has 5 aliphatic rings. The number of nitrogens with one attached hydrogen (secondary N) is 1. The van der Waals surface area contributed by atoms with E-state index in [1.54, 1.807) is 0 Å². The van der Waals surface area contributed by atoms with Crippen molar-refractivity contribution in [2.24, 2.45) is 0 Å². The number of carbonyl (C=O) groups is 5. The summed E-state index contributed by atoms with van der Waals surface area (Å²) >= 11 is 6.88. The predicted molar refractivity (Wildman–Crippen MR) is 276 cm³/mol. The van der Waals surface area contributed by atoms with Crippen molar-refractivity contribution in [2.45, 2.75) is 124 Å². The number of fused-ring (bicyclic) bond motifs is 6. The lowest BCUT2D eigenvalue weighted by Crippen LogP contribution is -2.55. The number of halogens is 2. The molecule has 3 saturated heterocycles. The van der Waals surface area contributed by atoms with Crippen LogP contribution in [0, 0.1) is 0 Å². The monoisotopic (exact) mass is 1210 g/mol. The van der Waals surface area contributed by atoms with Gasteiger partial charge in [-0.05, 0) is 25.8 Å². The molecule has 2 aromatic carbocycles. The molecule has 422 valence electrons.